The first-order chi connectivity index (χ1) is 6.52. The molecule has 0 atom stereocenters. The number of aliphatic carboxylic acids is 1. The summed E-state index contributed by atoms with van der Waals surface area (Å²) in [6.45, 7) is 2.56. The van der Waals surface area contributed by atoms with Crippen molar-refractivity contribution in [3.8, 4) is 0 Å². The molecule has 0 aromatic rings. The zero-order valence-electron chi connectivity index (χ0n) is 7.36. The summed E-state index contributed by atoms with van der Waals surface area (Å²) in [4.78, 5) is 33.5. The van der Waals surface area contributed by atoms with Crippen LogP contribution in [0.25, 0.3) is 0 Å². The van der Waals surface area contributed by atoms with Gasteiger partial charge in [0, 0.05) is 5.57 Å². The average molecular weight is 199 g/mol. The van der Waals surface area contributed by atoms with Crippen LogP contribution in [0.4, 0.5) is 0 Å². The number of amides is 2. The van der Waals surface area contributed by atoms with Gasteiger partial charge in [0.1, 0.15) is 13.2 Å². The number of carboxylic acid groups (broad SMARTS) is 1. The number of rotatable bonds is 3. The highest BCUT2D eigenvalue weighted by molar-refractivity contribution is 5.99. The van der Waals surface area contributed by atoms with E-state index in [2.05, 4.69) is 11.3 Å². The van der Waals surface area contributed by atoms with Gasteiger partial charge >= 0.3 is 5.97 Å². The van der Waals surface area contributed by atoms with Crippen LogP contribution in [0.5, 0.6) is 0 Å². The highest BCUT2D eigenvalue weighted by atomic mass is 16.5. The maximum Gasteiger partial charge on any atom is 0.332 e. The van der Waals surface area contributed by atoms with Gasteiger partial charge in [0.2, 0.25) is 0 Å². The largest absolute Gasteiger partial charge is 0.478 e. The molecule has 76 valence electrons. The van der Waals surface area contributed by atoms with E-state index in [1.165, 1.54) is 0 Å². The topological polar surface area (TPSA) is 83.9 Å². The number of ether oxygens (including phenoxy) is 1. The highest BCUT2D eigenvalue weighted by Gasteiger charge is 2.27. The summed E-state index contributed by atoms with van der Waals surface area (Å²) in [6.07, 6.45) is 0. The Morgan fingerprint density at radius 1 is 1.43 bits per heavy atom. The third-order valence-corrected chi connectivity index (χ3v) is 1.70. The molecular weight excluding hydrogens is 190 g/mol. The Labute approximate surface area is 79.8 Å². The van der Waals surface area contributed by atoms with Crippen LogP contribution in [0.15, 0.2) is 12.2 Å². The van der Waals surface area contributed by atoms with Crippen LogP contribution < -0.4 is 0 Å². The summed E-state index contributed by atoms with van der Waals surface area (Å²) >= 11 is 0. The van der Waals surface area contributed by atoms with Gasteiger partial charge in [-0.2, -0.15) is 0 Å². The molecule has 0 aromatic heterocycles. The summed E-state index contributed by atoms with van der Waals surface area (Å²) in [5.41, 5.74) is -0.200. The number of hydrogen-bond donors (Lipinski definition) is 1. The molecule has 1 rings (SSSR count). The van der Waals surface area contributed by atoms with Gasteiger partial charge in [0.05, 0.1) is 6.54 Å². The van der Waals surface area contributed by atoms with Crippen LogP contribution in [0.2, 0.25) is 0 Å². The molecule has 1 heterocycles. The van der Waals surface area contributed by atoms with Crippen molar-refractivity contribution in [2.45, 2.75) is 0 Å². The molecule has 1 aliphatic rings. The maximum absolute atomic E-state index is 11.1. The number of nitrogens with zero attached hydrogens (tertiary/aromatic N) is 1. The van der Waals surface area contributed by atoms with Crippen LogP contribution in [0.1, 0.15) is 0 Å². The highest BCUT2D eigenvalue weighted by Crippen LogP contribution is 2.04. The predicted octanol–water partition coefficient (Wildman–Crippen LogP) is -0.987. The zero-order valence-corrected chi connectivity index (χ0v) is 7.36. The molecule has 14 heavy (non-hydrogen) atoms. The van der Waals surface area contributed by atoms with Gasteiger partial charge in [0.15, 0.2) is 0 Å². The first-order valence-corrected chi connectivity index (χ1v) is 3.84. The van der Waals surface area contributed by atoms with Gasteiger partial charge in [0.25, 0.3) is 11.8 Å². The summed E-state index contributed by atoms with van der Waals surface area (Å²) in [5, 5.41) is 8.51. The van der Waals surface area contributed by atoms with Crippen molar-refractivity contribution in [1.29, 1.82) is 0 Å². The van der Waals surface area contributed by atoms with E-state index in [0.717, 1.165) is 4.90 Å². The quantitative estimate of drug-likeness (QED) is 0.466. The Balaban J connectivity index is 2.65. The summed E-state index contributed by atoms with van der Waals surface area (Å²) in [5.74, 6) is -2.30. The lowest BCUT2D eigenvalue weighted by molar-refractivity contribution is -0.157. The second-order valence-electron chi connectivity index (χ2n) is 2.78. The van der Waals surface area contributed by atoms with Crippen LogP contribution in [-0.2, 0) is 19.1 Å². The van der Waals surface area contributed by atoms with E-state index in [-0.39, 0.29) is 25.3 Å². The molecule has 1 N–H and O–H groups in total. The Morgan fingerprint density at radius 3 is 2.36 bits per heavy atom. The molecule has 0 spiro atoms. The molecule has 6 heteroatoms. The van der Waals surface area contributed by atoms with Crippen molar-refractivity contribution in [3.63, 3.8) is 0 Å². The van der Waals surface area contributed by atoms with Gasteiger partial charge in [-0.15, -0.1) is 0 Å². The van der Waals surface area contributed by atoms with E-state index in [1.807, 2.05) is 0 Å². The molecule has 0 aromatic carbocycles. The second-order valence-corrected chi connectivity index (χ2v) is 2.78. The Morgan fingerprint density at radius 2 is 1.93 bits per heavy atom. The number of imide groups is 1. The minimum atomic E-state index is -1.22. The fourth-order valence-electron chi connectivity index (χ4n) is 0.955. The SMILES string of the molecule is C=C(CN1C(=O)COCC1=O)C(=O)O. The van der Waals surface area contributed by atoms with Crippen molar-refractivity contribution in [2.24, 2.45) is 0 Å². The number of morpholine rings is 1. The zero-order chi connectivity index (χ0) is 10.7. The standard InChI is InChI=1S/C8H9NO5/c1-5(8(12)13)2-9-6(10)3-14-4-7(9)11/h1-4H2,(H,12,13). The van der Waals surface area contributed by atoms with E-state index < -0.39 is 17.8 Å². The van der Waals surface area contributed by atoms with Gasteiger partial charge in [-0.3, -0.25) is 14.5 Å². The molecule has 6 nitrogen and oxygen atoms in total. The third kappa shape index (κ3) is 2.17. The lowest BCUT2D eigenvalue weighted by Gasteiger charge is -2.24. The Hall–Kier alpha value is -1.69. The molecule has 0 unspecified atom stereocenters. The first kappa shape index (κ1) is 10.4. The maximum atomic E-state index is 11.1. The molecule has 1 aliphatic heterocycles. The van der Waals surface area contributed by atoms with Gasteiger partial charge < -0.3 is 9.84 Å². The number of carbonyl (C=O) groups excluding carboxylic acids is 2. The van der Waals surface area contributed by atoms with Gasteiger partial charge in [-0.25, -0.2) is 4.79 Å². The smallest absolute Gasteiger partial charge is 0.332 e. The normalized spacial score (nSPS) is 17.0. The van der Waals surface area contributed by atoms with Crippen LogP contribution in [0, 0.1) is 0 Å². The number of carboxylic acids is 1. The molecule has 2 amide bonds. The first-order valence-electron chi connectivity index (χ1n) is 3.84. The van der Waals surface area contributed by atoms with E-state index in [0.29, 0.717) is 0 Å². The van der Waals surface area contributed by atoms with Crippen molar-refractivity contribution in [2.75, 3.05) is 19.8 Å². The summed E-state index contributed by atoms with van der Waals surface area (Å²) in [7, 11) is 0. The van der Waals surface area contributed by atoms with Crippen LogP contribution >= 0.6 is 0 Å². The van der Waals surface area contributed by atoms with Crippen molar-refractivity contribution in [1.82, 2.24) is 4.90 Å². The molecule has 1 fully saturated rings. The average Bonchev–Trinajstić information content (AvgIpc) is 2.11. The summed E-state index contributed by atoms with van der Waals surface area (Å²) in [6, 6.07) is 0. The fraction of sp³-hybridized carbons (Fsp3) is 0.375. The van der Waals surface area contributed by atoms with E-state index in [9.17, 15) is 14.4 Å². The van der Waals surface area contributed by atoms with Crippen LogP contribution in [0.3, 0.4) is 0 Å². The molecule has 0 bridgehead atoms. The van der Waals surface area contributed by atoms with Crippen LogP contribution in [-0.4, -0.2) is 47.5 Å². The fourth-order valence-corrected chi connectivity index (χ4v) is 0.955. The number of hydrogen-bond acceptors (Lipinski definition) is 4. The summed E-state index contributed by atoms with van der Waals surface area (Å²) < 4.78 is 4.65. The second kappa shape index (κ2) is 4.01. The van der Waals surface area contributed by atoms with Crippen molar-refractivity contribution in [3.05, 3.63) is 12.2 Å². The Bertz CT molecular complexity index is 293. The molecule has 0 saturated carbocycles. The monoisotopic (exact) mass is 199 g/mol. The number of carbonyl (C=O) groups is 3. The molecule has 0 aliphatic carbocycles. The third-order valence-electron chi connectivity index (χ3n) is 1.70. The van der Waals surface area contributed by atoms with Gasteiger partial charge in [-0.05, 0) is 0 Å². The van der Waals surface area contributed by atoms with Crippen molar-refractivity contribution >= 4 is 17.8 Å². The lowest BCUT2D eigenvalue weighted by atomic mass is 10.2. The molecule has 1 saturated heterocycles. The van der Waals surface area contributed by atoms with E-state index in [1.54, 1.807) is 0 Å². The molecule has 0 radical (unpaired) electrons. The Kier molecular flexibility index (Phi) is 2.98. The van der Waals surface area contributed by atoms with E-state index >= 15 is 0 Å². The van der Waals surface area contributed by atoms with Gasteiger partial charge in [-0.1, -0.05) is 6.58 Å². The van der Waals surface area contributed by atoms with E-state index in [4.69, 9.17) is 5.11 Å². The minimum Gasteiger partial charge on any atom is -0.478 e. The van der Waals surface area contributed by atoms with Crippen molar-refractivity contribution < 1.29 is 24.2 Å². The lowest BCUT2D eigenvalue weighted by Crippen LogP contribution is -2.47. The minimum absolute atomic E-state index is 0.196. The predicted molar refractivity (Wildman–Crippen MR) is 44.3 cm³/mol. The molecular formula is C8H9NO5.